The third-order valence-electron chi connectivity index (χ3n) is 11.0. The quantitative estimate of drug-likeness (QED) is 0.130. The van der Waals surface area contributed by atoms with E-state index in [2.05, 4.69) is 67.6 Å². The molecule has 0 bridgehead atoms. The third kappa shape index (κ3) is 8.27. The molecule has 304 valence electrons. The monoisotopic (exact) mass is 800 g/mol. The Morgan fingerprint density at radius 2 is 1.25 bits per heavy atom. The summed E-state index contributed by atoms with van der Waals surface area (Å²) in [6.45, 7) is 9.69. The van der Waals surface area contributed by atoms with Crippen LogP contribution in [0.3, 0.4) is 0 Å². The SMILES string of the molecule is CC(=O)Cc1cccc(-c2ccc3c(-c4ccc(N5CCN(C)CC5)cc4)[nH]nc3n2)c1.COc1ccc(-c2[nH]nc3nc(-c4cc(C)c(O)c(C)c4)ccc23)cc1OC. The molecule has 9 rings (SSSR count). The molecule has 0 atom stereocenters. The fourth-order valence-electron chi connectivity index (χ4n) is 7.68. The van der Waals surface area contributed by atoms with Crippen LogP contribution in [0.2, 0.25) is 0 Å². The van der Waals surface area contributed by atoms with E-state index >= 15 is 0 Å². The van der Waals surface area contributed by atoms with Crippen LogP contribution in [-0.2, 0) is 11.2 Å². The van der Waals surface area contributed by atoms with Crippen molar-refractivity contribution in [2.24, 2.45) is 0 Å². The van der Waals surface area contributed by atoms with Gasteiger partial charge in [-0.05, 0) is 117 Å². The number of nitrogens with one attached hydrogen (secondary N) is 2. The highest BCUT2D eigenvalue weighted by molar-refractivity contribution is 5.93. The van der Waals surface area contributed by atoms with E-state index in [0.29, 0.717) is 35.0 Å². The van der Waals surface area contributed by atoms with Crippen molar-refractivity contribution in [3.8, 4) is 62.3 Å². The molecule has 12 heteroatoms. The van der Waals surface area contributed by atoms with Crippen LogP contribution in [-0.4, -0.2) is 93.6 Å². The van der Waals surface area contributed by atoms with Crippen molar-refractivity contribution < 1.29 is 19.4 Å². The summed E-state index contributed by atoms with van der Waals surface area (Å²) in [6.07, 6.45) is 0.437. The van der Waals surface area contributed by atoms with Gasteiger partial charge < -0.3 is 24.4 Å². The Labute approximate surface area is 348 Å². The van der Waals surface area contributed by atoms with Crippen molar-refractivity contribution >= 4 is 33.5 Å². The van der Waals surface area contributed by atoms with Gasteiger partial charge in [0, 0.05) is 71.3 Å². The topological polar surface area (TPSA) is 145 Å². The summed E-state index contributed by atoms with van der Waals surface area (Å²) in [5.74, 6) is 1.80. The second kappa shape index (κ2) is 17.0. The molecule has 1 aliphatic heterocycles. The van der Waals surface area contributed by atoms with Gasteiger partial charge in [0.25, 0.3) is 0 Å². The van der Waals surface area contributed by atoms with E-state index in [1.165, 1.54) is 5.69 Å². The second-order valence-corrected chi connectivity index (χ2v) is 15.3. The lowest BCUT2D eigenvalue weighted by Crippen LogP contribution is -2.44. The molecule has 4 aromatic heterocycles. The second-order valence-electron chi connectivity index (χ2n) is 15.3. The highest BCUT2D eigenvalue weighted by Gasteiger charge is 2.17. The van der Waals surface area contributed by atoms with Crippen LogP contribution in [0, 0.1) is 13.8 Å². The number of methoxy groups -OCH3 is 2. The zero-order valence-electron chi connectivity index (χ0n) is 34.7. The first-order valence-electron chi connectivity index (χ1n) is 19.9. The van der Waals surface area contributed by atoms with E-state index in [1.54, 1.807) is 21.1 Å². The van der Waals surface area contributed by atoms with E-state index in [0.717, 1.165) is 98.7 Å². The number of ether oxygens (including phenoxy) is 2. The molecule has 0 unspecified atom stereocenters. The van der Waals surface area contributed by atoms with Crippen molar-refractivity contribution in [3.63, 3.8) is 0 Å². The molecule has 60 heavy (non-hydrogen) atoms. The number of hydrogen-bond acceptors (Lipinski definition) is 10. The van der Waals surface area contributed by atoms with Crippen LogP contribution in [0.15, 0.2) is 103 Å². The molecule has 0 spiro atoms. The first-order valence-corrected chi connectivity index (χ1v) is 19.9. The van der Waals surface area contributed by atoms with E-state index < -0.39 is 0 Å². The number of hydrogen-bond donors (Lipinski definition) is 3. The number of fused-ring (bicyclic) bond motifs is 2. The maximum absolute atomic E-state index is 11.5. The van der Waals surface area contributed by atoms with Crippen LogP contribution in [0.4, 0.5) is 5.69 Å². The summed E-state index contributed by atoms with van der Waals surface area (Å²) < 4.78 is 10.7. The van der Waals surface area contributed by atoms with E-state index in [1.807, 2.05) is 86.6 Å². The molecule has 1 aliphatic rings. The maximum Gasteiger partial charge on any atom is 0.182 e. The van der Waals surface area contributed by atoms with Crippen molar-refractivity contribution in [1.29, 1.82) is 0 Å². The number of likely N-dealkylation sites (N-methyl/N-ethyl adjacent to an activating group) is 1. The van der Waals surface area contributed by atoms with Crippen molar-refractivity contribution in [1.82, 2.24) is 35.3 Å². The first-order chi connectivity index (χ1) is 29.1. The standard InChI is InChI=1S/C26H27N5O.C22H21N3O3/c1-18(32)16-19-4-3-5-21(17-19)24-11-10-23-25(28-29-26(23)27-24)20-6-8-22(9-7-20)31-14-12-30(2)13-15-31;1-12-9-15(10-13(2)21(12)26)17-7-6-16-20(24-25-22(16)23-17)14-5-8-18(27-3)19(11-14)28-4/h3-11,17H,12-16H2,1-2H3,(H,27,28,29);5-11,26H,1-4H3,(H,23,24,25). The van der Waals surface area contributed by atoms with Gasteiger partial charge >= 0.3 is 0 Å². The number of aromatic nitrogens is 6. The molecule has 3 N–H and O–H groups in total. The number of anilines is 1. The Morgan fingerprint density at radius 1 is 0.667 bits per heavy atom. The number of aromatic amines is 2. The number of Topliss-reactive ketones (excluding diaryl/α,β-unsaturated/α-hetero) is 1. The molecule has 0 radical (unpaired) electrons. The zero-order valence-corrected chi connectivity index (χ0v) is 34.7. The molecule has 1 saturated heterocycles. The summed E-state index contributed by atoms with van der Waals surface area (Å²) in [4.78, 5) is 25.7. The van der Waals surface area contributed by atoms with Crippen molar-refractivity contribution in [3.05, 3.63) is 120 Å². The summed E-state index contributed by atoms with van der Waals surface area (Å²) >= 11 is 0. The number of aromatic hydroxyl groups is 1. The van der Waals surface area contributed by atoms with Crippen LogP contribution in [0.25, 0.3) is 67.1 Å². The lowest BCUT2D eigenvalue weighted by molar-refractivity contribution is -0.116. The molecular formula is C48H48N8O4. The predicted octanol–water partition coefficient (Wildman–Crippen LogP) is 8.81. The Bertz CT molecular complexity index is 2800. The maximum atomic E-state index is 11.5. The zero-order chi connectivity index (χ0) is 41.9. The molecular weight excluding hydrogens is 753 g/mol. The lowest BCUT2D eigenvalue weighted by Gasteiger charge is -2.34. The van der Waals surface area contributed by atoms with Gasteiger partial charge in [0.1, 0.15) is 11.5 Å². The molecule has 1 fully saturated rings. The normalized spacial score (nSPS) is 13.0. The molecule has 0 aliphatic carbocycles. The highest BCUT2D eigenvalue weighted by atomic mass is 16.5. The van der Waals surface area contributed by atoms with Crippen LogP contribution < -0.4 is 14.4 Å². The average molecular weight is 801 g/mol. The Kier molecular flexibility index (Phi) is 11.3. The smallest absolute Gasteiger partial charge is 0.182 e. The minimum atomic E-state index is 0.154. The summed E-state index contributed by atoms with van der Waals surface area (Å²) in [6, 6.07) is 34.3. The number of ketones is 1. The Morgan fingerprint density at radius 3 is 1.85 bits per heavy atom. The van der Waals surface area contributed by atoms with Crippen molar-refractivity contribution in [2.45, 2.75) is 27.2 Å². The highest BCUT2D eigenvalue weighted by Crippen LogP contribution is 2.36. The van der Waals surface area contributed by atoms with Crippen LogP contribution in [0.1, 0.15) is 23.6 Å². The fraction of sp³-hybridized carbons (Fsp3) is 0.229. The number of carbonyl (C=O) groups is 1. The van der Waals surface area contributed by atoms with E-state index in [4.69, 9.17) is 19.4 Å². The Balaban J connectivity index is 0.000000168. The van der Waals surface area contributed by atoms with Gasteiger partial charge in [-0.2, -0.15) is 10.2 Å². The van der Waals surface area contributed by atoms with E-state index in [-0.39, 0.29) is 5.78 Å². The van der Waals surface area contributed by atoms with E-state index in [9.17, 15) is 9.90 Å². The molecule has 12 nitrogen and oxygen atoms in total. The number of benzene rings is 4. The number of carbonyl (C=O) groups excluding carboxylic acids is 1. The number of phenols is 1. The summed E-state index contributed by atoms with van der Waals surface area (Å²) in [7, 11) is 5.40. The summed E-state index contributed by atoms with van der Waals surface area (Å²) in [5.41, 5.74) is 12.7. The number of H-pyrrole nitrogens is 2. The van der Waals surface area contributed by atoms with Crippen LogP contribution >= 0.6 is 0 Å². The van der Waals surface area contributed by atoms with Gasteiger partial charge in [0.05, 0.1) is 37.0 Å². The number of rotatable bonds is 9. The van der Waals surface area contributed by atoms with Gasteiger partial charge in [-0.3, -0.25) is 15.0 Å². The third-order valence-corrected chi connectivity index (χ3v) is 11.0. The predicted molar refractivity (Wildman–Crippen MR) is 238 cm³/mol. The van der Waals surface area contributed by atoms with Gasteiger partial charge in [0.2, 0.25) is 0 Å². The van der Waals surface area contributed by atoms with Gasteiger partial charge in [-0.25, -0.2) is 9.97 Å². The lowest BCUT2D eigenvalue weighted by atomic mass is 10.0. The number of pyridine rings is 2. The summed E-state index contributed by atoms with van der Waals surface area (Å²) in [5, 5.41) is 27.0. The van der Waals surface area contributed by atoms with Gasteiger partial charge in [0.15, 0.2) is 22.8 Å². The largest absolute Gasteiger partial charge is 0.507 e. The molecule has 5 heterocycles. The fourth-order valence-corrected chi connectivity index (χ4v) is 7.68. The minimum Gasteiger partial charge on any atom is -0.507 e. The number of piperazine rings is 1. The Hall–Kier alpha value is -7.05. The molecule has 8 aromatic rings. The van der Waals surface area contributed by atoms with Gasteiger partial charge in [-0.15, -0.1) is 0 Å². The number of aryl methyl sites for hydroxylation is 2. The minimum absolute atomic E-state index is 0.154. The molecule has 0 saturated carbocycles. The first kappa shape index (κ1) is 39.8. The number of nitrogens with zero attached hydrogens (tertiary/aromatic N) is 6. The van der Waals surface area contributed by atoms with Crippen LogP contribution in [0.5, 0.6) is 17.2 Å². The number of phenolic OH excluding ortho intramolecular Hbond substituents is 1. The molecule has 0 amide bonds. The molecule has 4 aromatic carbocycles. The average Bonchev–Trinajstić information content (AvgIpc) is 3.90. The van der Waals surface area contributed by atoms with Crippen molar-refractivity contribution in [2.75, 3.05) is 52.3 Å². The van der Waals surface area contributed by atoms with Gasteiger partial charge in [-0.1, -0.05) is 30.3 Å².